The largest absolute Gasteiger partial charge is 0.393 e. The van der Waals surface area contributed by atoms with Crippen LogP contribution in [0, 0.1) is 5.92 Å². The van der Waals surface area contributed by atoms with Crippen molar-refractivity contribution in [2.75, 3.05) is 18.5 Å². The van der Waals surface area contributed by atoms with Gasteiger partial charge in [-0.3, -0.25) is 8.98 Å². The zero-order valence-corrected chi connectivity index (χ0v) is 23.2. The molecule has 5 rings (SSSR count). The van der Waals surface area contributed by atoms with Crippen molar-refractivity contribution in [2.24, 2.45) is 11.1 Å². The number of hydrogen-bond donors (Lipinski definition) is 3. The second-order valence-electron chi connectivity index (χ2n) is 9.61. The van der Waals surface area contributed by atoms with Gasteiger partial charge in [0.15, 0.2) is 0 Å². The van der Waals surface area contributed by atoms with Gasteiger partial charge in [-0.1, -0.05) is 17.7 Å². The van der Waals surface area contributed by atoms with Gasteiger partial charge >= 0.3 is 10.3 Å². The third-order valence-corrected chi connectivity index (χ3v) is 8.80. The summed E-state index contributed by atoms with van der Waals surface area (Å²) in [6, 6.07) is 6.32. The Morgan fingerprint density at radius 3 is 2.85 bits per heavy atom. The number of aliphatic hydroxyl groups excluding tert-OH is 1. The van der Waals surface area contributed by atoms with E-state index in [2.05, 4.69) is 19.5 Å². The summed E-state index contributed by atoms with van der Waals surface area (Å²) in [6.07, 6.45) is -0.832. The van der Waals surface area contributed by atoms with Crippen LogP contribution in [0.1, 0.15) is 62.2 Å². The molecule has 1 saturated carbocycles. The summed E-state index contributed by atoms with van der Waals surface area (Å²) in [5.74, 6) is -0.919. The van der Waals surface area contributed by atoms with Gasteiger partial charge in [0.1, 0.15) is 18.2 Å². The van der Waals surface area contributed by atoms with E-state index in [-0.39, 0.29) is 45.8 Å². The molecule has 1 aliphatic heterocycles. The Morgan fingerprint density at radius 1 is 1.30 bits per heavy atom. The molecule has 0 bridgehead atoms. The lowest BCUT2D eigenvalue weighted by atomic mass is 9.93. The van der Waals surface area contributed by atoms with Crippen LogP contribution in [0.5, 0.6) is 0 Å². The van der Waals surface area contributed by atoms with Gasteiger partial charge in [0.05, 0.1) is 34.6 Å². The number of nitrogens with zero attached hydrogens (tertiary/aromatic N) is 2. The minimum atomic E-state index is -4.16. The molecule has 0 amide bonds. The van der Waals surface area contributed by atoms with E-state index >= 15 is 0 Å². The molecule has 0 saturated heterocycles. The second-order valence-corrected chi connectivity index (χ2v) is 12.3. The molecule has 0 radical (unpaired) electrons. The number of aliphatic hydroxyl groups is 1. The van der Waals surface area contributed by atoms with E-state index in [4.69, 9.17) is 21.5 Å². The van der Waals surface area contributed by atoms with Crippen molar-refractivity contribution in [2.45, 2.75) is 43.9 Å². The van der Waals surface area contributed by atoms with Crippen LogP contribution in [0.15, 0.2) is 36.8 Å². The predicted octanol–water partition coefficient (Wildman–Crippen LogP) is 3.79. The van der Waals surface area contributed by atoms with Crippen LogP contribution in [0.3, 0.4) is 0 Å². The highest BCUT2D eigenvalue weighted by Crippen LogP contribution is 2.43. The number of thiophene rings is 1. The molecule has 10 nitrogen and oxygen atoms in total. The van der Waals surface area contributed by atoms with Crippen LogP contribution in [0.4, 0.5) is 14.6 Å². The summed E-state index contributed by atoms with van der Waals surface area (Å²) in [6.45, 7) is 0.0396. The van der Waals surface area contributed by atoms with Gasteiger partial charge in [0.25, 0.3) is 6.43 Å². The summed E-state index contributed by atoms with van der Waals surface area (Å²) in [5, 5.41) is 18.8. The lowest BCUT2D eigenvalue weighted by Crippen LogP contribution is -2.24. The number of aromatic nitrogens is 2. The highest BCUT2D eigenvalue weighted by Gasteiger charge is 2.35. The fraction of sp³-hybridized carbons (Fsp3) is 0.400. The number of carbonyl (C=O) groups is 1. The number of rotatable bonds is 9. The maximum absolute atomic E-state index is 14.2. The number of fused-ring (bicyclic) bond motifs is 1. The fourth-order valence-electron chi connectivity index (χ4n) is 5.10. The van der Waals surface area contributed by atoms with Crippen molar-refractivity contribution < 1.29 is 36.0 Å². The Labute approximate surface area is 237 Å². The average molecular weight is 615 g/mol. The zero-order chi connectivity index (χ0) is 28.6. The molecule has 1 aromatic carbocycles. The lowest BCUT2D eigenvalue weighted by molar-refractivity contribution is 0.0661. The Kier molecular flexibility index (Phi) is 8.47. The van der Waals surface area contributed by atoms with Gasteiger partial charge in [-0.25, -0.2) is 23.9 Å². The van der Waals surface area contributed by atoms with Crippen molar-refractivity contribution in [3.63, 3.8) is 0 Å². The third kappa shape index (κ3) is 6.33. The molecular formula is C25H25ClF2N4O6S2. The number of benzene rings is 1. The number of hydrogen-bond acceptors (Lipinski definition) is 10. The fourth-order valence-corrected chi connectivity index (χ4v) is 6.64. The molecule has 3 aromatic rings. The van der Waals surface area contributed by atoms with Gasteiger partial charge in [-0.2, -0.15) is 8.42 Å². The van der Waals surface area contributed by atoms with Crippen LogP contribution in [-0.4, -0.2) is 54.6 Å². The maximum Gasteiger partial charge on any atom is 0.333 e. The first-order valence-corrected chi connectivity index (χ1v) is 14.9. The van der Waals surface area contributed by atoms with Crippen LogP contribution in [0.2, 0.25) is 5.02 Å². The number of alkyl halides is 2. The SMILES string of the molecule is NS(=O)(=O)OC[C@H]1C[C@@H](Nc2ncncc2C(=O)c2cc(C3OCCc4ccc(Cl)cc43)c(C(F)F)s2)C[C@@H]1O. The quantitative estimate of drug-likeness (QED) is 0.305. The molecule has 0 spiro atoms. The number of nitrogens with one attached hydrogen (secondary N) is 1. The number of halogens is 3. The topological polar surface area (TPSA) is 154 Å². The summed E-state index contributed by atoms with van der Waals surface area (Å²) in [4.78, 5) is 21.5. The van der Waals surface area contributed by atoms with Crippen molar-refractivity contribution in [1.29, 1.82) is 0 Å². The molecule has 2 aromatic heterocycles. The van der Waals surface area contributed by atoms with E-state index in [1.165, 1.54) is 18.6 Å². The first kappa shape index (κ1) is 28.9. The maximum atomic E-state index is 14.2. The number of ketones is 1. The Bertz CT molecular complexity index is 1520. The normalized spacial score (nSPS) is 22.9. The molecule has 3 heterocycles. The summed E-state index contributed by atoms with van der Waals surface area (Å²) in [5.41, 5.74) is 1.88. The molecule has 15 heteroatoms. The zero-order valence-electron chi connectivity index (χ0n) is 20.8. The highest BCUT2D eigenvalue weighted by molar-refractivity contribution is 7.84. The van der Waals surface area contributed by atoms with Gasteiger partial charge < -0.3 is 15.2 Å². The van der Waals surface area contributed by atoms with Crippen LogP contribution >= 0.6 is 22.9 Å². The van der Waals surface area contributed by atoms with E-state index in [0.717, 1.165) is 5.56 Å². The number of anilines is 1. The number of nitrogens with two attached hydrogens (primary N) is 1. The van der Waals surface area contributed by atoms with Crippen LogP contribution in [0.25, 0.3) is 0 Å². The average Bonchev–Trinajstić information content (AvgIpc) is 3.50. The van der Waals surface area contributed by atoms with Crippen LogP contribution < -0.4 is 10.5 Å². The van der Waals surface area contributed by atoms with Gasteiger partial charge in [0, 0.05) is 28.7 Å². The number of ether oxygens (including phenoxy) is 1. The highest BCUT2D eigenvalue weighted by atomic mass is 35.5. The lowest BCUT2D eigenvalue weighted by Gasteiger charge is -2.26. The molecule has 2 aliphatic rings. The minimum Gasteiger partial charge on any atom is -0.393 e. The van der Waals surface area contributed by atoms with Crippen molar-refractivity contribution >= 4 is 44.8 Å². The van der Waals surface area contributed by atoms with Crippen molar-refractivity contribution in [1.82, 2.24) is 9.97 Å². The Hall–Kier alpha value is -2.59. The predicted molar refractivity (Wildman–Crippen MR) is 143 cm³/mol. The molecule has 4 N–H and O–H groups in total. The standard InChI is InChI=1S/C25H25ClF2N4O6S2/c26-14-2-1-12-3-4-37-22(16(12)6-14)17-8-20(39-23(17)24(27)28)21(34)18-9-30-11-31-25(18)32-15-5-13(19(33)7-15)10-38-40(29,35)36/h1-2,6,8-9,11,13,15,19,22,24,33H,3-5,7,10H2,(H2,29,35,36)(H,30,31,32)/t13-,15-,19+,22?/m1/s1. The number of carbonyl (C=O) groups excluding carboxylic acids is 1. The molecular weight excluding hydrogens is 590 g/mol. The van der Waals surface area contributed by atoms with E-state index in [1.54, 1.807) is 12.1 Å². The van der Waals surface area contributed by atoms with Gasteiger partial charge in [-0.15, -0.1) is 11.3 Å². The molecule has 1 aliphatic carbocycles. The monoisotopic (exact) mass is 614 g/mol. The molecule has 40 heavy (non-hydrogen) atoms. The van der Waals surface area contributed by atoms with E-state index in [0.29, 0.717) is 41.4 Å². The van der Waals surface area contributed by atoms with Gasteiger partial charge in [-0.05, 0) is 48.6 Å². The molecule has 1 unspecified atom stereocenters. The van der Waals surface area contributed by atoms with Crippen molar-refractivity contribution in [3.05, 3.63) is 73.8 Å². The summed E-state index contributed by atoms with van der Waals surface area (Å²) < 4.78 is 61.1. The smallest absolute Gasteiger partial charge is 0.333 e. The first-order chi connectivity index (χ1) is 19.0. The minimum absolute atomic E-state index is 0.0582. The molecule has 4 atom stereocenters. The van der Waals surface area contributed by atoms with Crippen molar-refractivity contribution in [3.8, 4) is 0 Å². The van der Waals surface area contributed by atoms with E-state index < -0.39 is 40.6 Å². The first-order valence-electron chi connectivity index (χ1n) is 12.3. The van der Waals surface area contributed by atoms with E-state index in [1.807, 2.05) is 6.07 Å². The van der Waals surface area contributed by atoms with Crippen LogP contribution in [-0.2, 0) is 25.6 Å². The van der Waals surface area contributed by atoms with E-state index in [9.17, 15) is 27.1 Å². The van der Waals surface area contributed by atoms with Gasteiger partial charge in [0.2, 0.25) is 5.78 Å². The Balaban J connectivity index is 1.40. The Morgan fingerprint density at radius 2 is 2.10 bits per heavy atom. The summed E-state index contributed by atoms with van der Waals surface area (Å²) >= 11 is 6.86. The molecule has 1 fully saturated rings. The third-order valence-electron chi connectivity index (χ3n) is 6.94. The summed E-state index contributed by atoms with van der Waals surface area (Å²) in [7, 11) is -4.16. The second kappa shape index (κ2) is 11.7. The molecule has 214 valence electrons.